The van der Waals surface area contributed by atoms with Gasteiger partial charge in [-0.15, -0.1) is 0 Å². The topological polar surface area (TPSA) is 113 Å². The molecule has 1 aromatic heterocycles. The highest BCUT2D eigenvalue weighted by Gasteiger charge is 2.31. The van der Waals surface area contributed by atoms with Crippen LogP contribution in [0.1, 0.15) is 18.1 Å². The van der Waals surface area contributed by atoms with Crippen LogP contribution in [-0.4, -0.2) is 66.7 Å². The zero-order valence-electron chi connectivity index (χ0n) is 21.1. The first-order valence-corrected chi connectivity index (χ1v) is 12.3. The molecule has 1 saturated heterocycles. The van der Waals surface area contributed by atoms with E-state index >= 15 is 0 Å². The second kappa shape index (κ2) is 12.1. The first-order chi connectivity index (χ1) is 18.2. The lowest BCUT2D eigenvalue weighted by Gasteiger charge is -2.27. The van der Waals surface area contributed by atoms with Crippen LogP contribution in [0.2, 0.25) is 0 Å². The summed E-state index contributed by atoms with van der Waals surface area (Å²) in [4.78, 5) is 43.7. The monoisotopic (exact) mass is 528 g/mol. The molecule has 4 rings (SSSR count). The van der Waals surface area contributed by atoms with Crippen molar-refractivity contribution in [1.29, 1.82) is 0 Å². The number of aromatic amines is 1. The van der Waals surface area contributed by atoms with E-state index in [9.17, 15) is 23.2 Å². The summed E-state index contributed by atoms with van der Waals surface area (Å²) < 4.78 is 37.7. The fourth-order valence-corrected chi connectivity index (χ4v) is 4.28. The summed E-state index contributed by atoms with van der Waals surface area (Å²) in [5, 5.41) is 6.14. The lowest BCUT2D eigenvalue weighted by atomic mass is 10.0. The van der Waals surface area contributed by atoms with Crippen molar-refractivity contribution >= 4 is 28.6 Å². The molecule has 0 aliphatic carbocycles. The van der Waals surface area contributed by atoms with E-state index in [0.717, 1.165) is 34.7 Å². The highest BCUT2D eigenvalue weighted by Crippen LogP contribution is 2.20. The lowest BCUT2D eigenvalue weighted by Crippen LogP contribution is -2.52. The maximum atomic E-state index is 13.4. The van der Waals surface area contributed by atoms with Crippen molar-refractivity contribution in [3.63, 3.8) is 0 Å². The van der Waals surface area contributed by atoms with Gasteiger partial charge in [-0.25, -0.2) is 8.78 Å². The van der Waals surface area contributed by atoms with Crippen molar-refractivity contribution in [1.82, 2.24) is 20.5 Å². The maximum absolute atomic E-state index is 13.4. The van der Waals surface area contributed by atoms with E-state index in [-0.39, 0.29) is 31.0 Å². The maximum Gasteiger partial charge on any atom is 0.245 e. The summed E-state index contributed by atoms with van der Waals surface area (Å²) in [5.41, 5.74) is 1.93. The third kappa shape index (κ3) is 6.73. The van der Waals surface area contributed by atoms with Gasteiger partial charge in [0.05, 0.1) is 19.8 Å². The number of ether oxygens (including phenoxy) is 2. The fourth-order valence-electron chi connectivity index (χ4n) is 4.28. The van der Waals surface area contributed by atoms with Crippen LogP contribution in [0.3, 0.4) is 0 Å². The molecule has 2 unspecified atom stereocenters. The Hall–Kier alpha value is -3.83. The molecule has 38 heavy (non-hydrogen) atoms. The highest BCUT2D eigenvalue weighted by atomic mass is 19.1. The number of nitrogens with one attached hydrogen (secondary N) is 3. The molecule has 0 bridgehead atoms. The Balaban J connectivity index is 1.45. The van der Waals surface area contributed by atoms with Gasteiger partial charge in [-0.05, 0) is 36.2 Å². The number of benzene rings is 2. The summed E-state index contributed by atoms with van der Waals surface area (Å²) in [7, 11) is 1.59. The van der Waals surface area contributed by atoms with Crippen LogP contribution in [0, 0.1) is 17.6 Å². The number of hydrogen-bond acceptors (Lipinski definition) is 5. The number of likely N-dealkylation sites (N-methyl/N-ethyl adjacent to an activating group) is 1. The first-order valence-electron chi connectivity index (χ1n) is 12.3. The number of aromatic nitrogens is 1. The Kier molecular flexibility index (Phi) is 8.70. The zero-order chi connectivity index (χ0) is 27.2. The van der Waals surface area contributed by atoms with E-state index in [1.165, 1.54) is 11.8 Å². The van der Waals surface area contributed by atoms with E-state index < -0.39 is 41.7 Å². The molecule has 3 aromatic rings. The van der Waals surface area contributed by atoms with Crippen molar-refractivity contribution in [2.24, 2.45) is 5.92 Å². The van der Waals surface area contributed by atoms with Crippen molar-refractivity contribution < 1.29 is 32.6 Å². The predicted octanol–water partition coefficient (Wildman–Crippen LogP) is 2.26. The third-order valence-corrected chi connectivity index (χ3v) is 6.38. The number of nitrogens with zero attached hydrogens (tertiary/aromatic N) is 1. The average Bonchev–Trinajstić information content (AvgIpc) is 3.55. The van der Waals surface area contributed by atoms with Crippen LogP contribution in [0.5, 0.6) is 0 Å². The minimum atomic E-state index is -1.17. The second-order valence-corrected chi connectivity index (χ2v) is 9.23. The van der Waals surface area contributed by atoms with Crippen LogP contribution in [0.4, 0.5) is 8.78 Å². The quantitative estimate of drug-likeness (QED) is 0.350. The van der Waals surface area contributed by atoms with Gasteiger partial charge in [-0.3, -0.25) is 14.4 Å². The van der Waals surface area contributed by atoms with Gasteiger partial charge >= 0.3 is 0 Å². The van der Waals surface area contributed by atoms with E-state index in [1.54, 1.807) is 13.2 Å². The van der Waals surface area contributed by atoms with Gasteiger partial charge in [0.1, 0.15) is 23.6 Å². The molecule has 1 aliphatic rings. The lowest BCUT2D eigenvalue weighted by molar-refractivity contribution is -0.142. The molecule has 0 spiro atoms. The van der Waals surface area contributed by atoms with Crippen LogP contribution < -0.4 is 10.6 Å². The van der Waals surface area contributed by atoms with E-state index in [2.05, 4.69) is 15.6 Å². The Morgan fingerprint density at radius 3 is 2.47 bits per heavy atom. The van der Waals surface area contributed by atoms with Crippen molar-refractivity contribution in [2.45, 2.75) is 32.2 Å². The largest absolute Gasteiger partial charge is 0.361 e. The van der Waals surface area contributed by atoms with Gasteiger partial charge in [0.15, 0.2) is 6.29 Å². The number of halogens is 2. The molecule has 1 fully saturated rings. The molecule has 9 nitrogen and oxygen atoms in total. The van der Waals surface area contributed by atoms with Gasteiger partial charge in [-0.1, -0.05) is 18.2 Å². The minimum Gasteiger partial charge on any atom is -0.361 e. The van der Waals surface area contributed by atoms with Crippen LogP contribution in [0.25, 0.3) is 10.9 Å². The molecular formula is C27H30F2N4O5. The normalized spacial score (nSPS) is 15.3. The fraction of sp³-hybridized carbons (Fsp3) is 0.370. The molecule has 2 aromatic carbocycles. The summed E-state index contributed by atoms with van der Waals surface area (Å²) >= 11 is 0. The van der Waals surface area contributed by atoms with E-state index in [0.29, 0.717) is 13.2 Å². The van der Waals surface area contributed by atoms with Gasteiger partial charge < -0.3 is 30.0 Å². The molecule has 1 aliphatic heterocycles. The summed E-state index contributed by atoms with van der Waals surface area (Å²) in [5.74, 6) is -4.38. The average molecular weight is 529 g/mol. The van der Waals surface area contributed by atoms with Gasteiger partial charge in [0, 0.05) is 43.2 Å². The highest BCUT2D eigenvalue weighted by molar-refractivity contribution is 6.01. The number of carbonyl (C=O) groups is 3. The Morgan fingerprint density at radius 1 is 1.08 bits per heavy atom. The van der Waals surface area contributed by atoms with Crippen LogP contribution in [0.15, 0.2) is 48.7 Å². The molecule has 0 radical (unpaired) electrons. The van der Waals surface area contributed by atoms with E-state index in [1.807, 2.05) is 24.3 Å². The Bertz CT molecular complexity index is 1290. The van der Waals surface area contributed by atoms with Crippen molar-refractivity contribution in [3.05, 3.63) is 71.4 Å². The van der Waals surface area contributed by atoms with Gasteiger partial charge in [0.2, 0.25) is 17.7 Å². The second-order valence-electron chi connectivity index (χ2n) is 9.23. The molecule has 202 valence electrons. The zero-order valence-corrected chi connectivity index (χ0v) is 21.1. The molecule has 0 saturated carbocycles. The van der Waals surface area contributed by atoms with Crippen LogP contribution >= 0.6 is 0 Å². The minimum absolute atomic E-state index is 0.160. The molecule has 2 atom stereocenters. The Labute approximate surface area is 218 Å². The van der Waals surface area contributed by atoms with Crippen molar-refractivity contribution in [2.75, 3.05) is 26.8 Å². The summed E-state index contributed by atoms with van der Waals surface area (Å²) in [6.07, 6.45) is 1.42. The predicted molar refractivity (Wildman–Crippen MR) is 135 cm³/mol. The standard InChI is InChI=1S/C27H30F2N4O5/c1-16(25(34)31-13-17-9-19(28)12-20(29)10-17)26(35)32-23(27(36)33(2)15-24-37-7-8-38-24)11-18-14-30-22-6-4-3-5-21(18)22/h3-6,9-10,12,14,16,23-24,30H,7-8,11,13,15H2,1-2H3,(H,31,34)(H,32,35). The number of H-pyrrole nitrogens is 1. The molecule has 11 heteroatoms. The number of carbonyl (C=O) groups excluding carboxylic acids is 3. The first kappa shape index (κ1) is 27.2. The summed E-state index contributed by atoms with van der Waals surface area (Å²) in [6, 6.07) is 9.55. The number of fused-ring (bicyclic) bond motifs is 1. The van der Waals surface area contributed by atoms with Crippen molar-refractivity contribution in [3.8, 4) is 0 Å². The van der Waals surface area contributed by atoms with Crippen LogP contribution in [-0.2, 0) is 36.8 Å². The number of amides is 3. The van der Waals surface area contributed by atoms with Gasteiger partial charge in [0.25, 0.3) is 0 Å². The third-order valence-electron chi connectivity index (χ3n) is 6.38. The van der Waals surface area contributed by atoms with Gasteiger partial charge in [-0.2, -0.15) is 0 Å². The summed E-state index contributed by atoms with van der Waals surface area (Å²) in [6.45, 7) is 2.30. The molecule has 3 amide bonds. The number of para-hydroxylation sites is 1. The van der Waals surface area contributed by atoms with E-state index in [4.69, 9.17) is 9.47 Å². The SMILES string of the molecule is CC(C(=O)NCc1cc(F)cc(F)c1)C(=O)NC(Cc1c[nH]c2ccccc12)C(=O)N(C)CC1OCCO1. The molecular weight excluding hydrogens is 498 g/mol. The number of hydrogen-bond donors (Lipinski definition) is 3. The number of rotatable bonds is 10. The molecule has 2 heterocycles. The smallest absolute Gasteiger partial charge is 0.245 e. The Morgan fingerprint density at radius 2 is 1.76 bits per heavy atom. The molecule has 3 N–H and O–H groups in total.